The zero-order chi connectivity index (χ0) is 8.53. The van der Waals surface area contributed by atoms with Crippen molar-refractivity contribution >= 4 is 9.76 Å². The first-order valence-electron chi connectivity index (χ1n) is 3.98. The van der Waals surface area contributed by atoms with Gasteiger partial charge in [0, 0.05) is 14.2 Å². The summed E-state index contributed by atoms with van der Waals surface area (Å²) >= 11 is 0. The van der Waals surface area contributed by atoms with Gasteiger partial charge in [0.05, 0.1) is 6.61 Å². The predicted molar refractivity (Wildman–Crippen MR) is 47.4 cm³/mol. The zero-order valence-electron chi connectivity index (χ0n) is 7.63. The summed E-state index contributed by atoms with van der Waals surface area (Å²) in [5, 5.41) is 0. The largest absolute Gasteiger partial charge is 0.398 e. The highest BCUT2D eigenvalue weighted by Gasteiger charge is 2.04. The fraction of sp³-hybridized carbons (Fsp3) is 1.00. The van der Waals surface area contributed by atoms with Gasteiger partial charge >= 0.3 is 0 Å². The molecule has 0 saturated heterocycles. The predicted octanol–water partition coefficient (Wildman–Crippen LogP) is 0.534. The summed E-state index contributed by atoms with van der Waals surface area (Å²) in [5.41, 5.74) is 0. The average Bonchev–Trinajstić information content (AvgIpc) is 2.03. The van der Waals surface area contributed by atoms with Crippen molar-refractivity contribution in [2.45, 2.75) is 25.7 Å². The van der Waals surface area contributed by atoms with Gasteiger partial charge in [0.1, 0.15) is 0 Å². The molecule has 11 heavy (non-hydrogen) atoms. The van der Waals surface area contributed by atoms with Gasteiger partial charge in [-0.1, -0.05) is 13.3 Å². The molecular formula is C7H18O3Si. The summed E-state index contributed by atoms with van der Waals surface area (Å²) in [6.07, 6.45) is 1.06. The number of hydrogen-bond donors (Lipinski definition) is 0. The number of hydrogen-bond acceptors (Lipinski definition) is 3. The van der Waals surface area contributed by atoms with E-state index in [2.05, 4.69) is 6.92 Å². The standard InChI is InChI=1S/C7H18O3Si/c1-4-5-11-10-7(9-3)6-8-2/h7H,4-6,11H2,1-3H3. The molecule has 0 spiro atoms. The van der Waals surface area contributed by atoms with E-state index in [9.17, 15) is 0 Å². The molecule has 0 aromatic rings. The molecule has 68 valence electrons. The number of ether oxygens (including phenoxy) is 2. The van der Waals surface area contributed by atoms with E-state index in [1.54, 1.807) is 14.2 Å². The normalized spacial score (nSPS) is 14.5. The lowest BCUT2D eigenvalue weighted by atomic mass is 10.6. The Morgan fingerprint density at radius 3 is 2.55 bits per heavy atom. The van der Waals surface area contributed by atoms with Gasteiger partial charge in [0.15, 0.2) is 16.1 Å². The van der Waals surface area contributed by atoms with E-state index >= 15 is 0 Å². The van der Waals surface area contributed by atoms with Gasteiger partial charge < -0.3 is 13.9 Å². The summed E-state index contributed by atoms with van der Waals surface area (Å²) in [7, 11) is 2.92. The minimum atomic E-state index is -0.372. The molecule has 1 unspecified atom stereocenters. The lowest BCUT2D eigenvalue weighted by molar-refractivity contribution is -0.0928. The maximum atomic E-state index is 5.46. The summed E-state index contributed by atoms with van der Waals surface area (Å²) in [6, 6.07) is 1.21. The van der Waals surface area contributed by atoms with Crippen LogP contribution in [0.4, 0.5) is 0 Å². The van der Waals surface area contributed by atoms with Crippen LogP contribution in [0.2, 0.25) is 6.04 Å². The van der Waals surface area contributed by atoms with Crippen LogP contribution in [0, 0.1) is 0 Å². The second kappa shape index (κ2) is 8.20. The lowest BCUT2D eigenvalue weighted by Crippen LogP contribution is -2.22. The van der Waals surface area contributed by atoms with Crippen LogP contribution in [0.25, 0.3) is 0 Å². The van der Waals surface area contributed by atoms with Crippen molar-refractivity contribution in [3.63, 3.8) is 0 Å². The molecule has 0 bridgehead atoms. The Morgan fingerprint density at radius 2 is 2.09 bits per heavy atom. The van der Waals surface area contributed by atoms with Gasteiger partial charge in [0.2, 0.25) is 0 Å². The summed E-state index contributed by atoms with van der Waals surface area (Å²) in [4.78, 5) is 0. The highest BCUT2D eigenvalue weighted by molar-refractivity contribution is 6.27. The first-order chi connectivity index (χ1) is 5.35. The van der Waals surface area contributed by atoms with Crippen molar-refractivity contribution in [1.82, 2.24) is 0 Å². The molecule has 0 radical (unpaired) electrons. The van der Waals surface area contributed by atoms with Crippen LogP contribution in [0.1, 0.15) is 13.3 Å². The molecular weight excluding hydrogens is 160 g/mol. The quantitative estimate of drug-likeness (QED) is 0.323. The Balaban J connectivity index is 3.20. The van der Waals surface area contributed by atoms with E-state index in [0.29, 0.717) is 6.61 Å². The zero-order valence-corrected chi connectivity index (χ0v) is 9.04. The fourth-order valence-corrected chi connectivity index (χ4v) is 1.63. The topological polar surface area (TPSA) is 27.7 Å². The summed E-state index contributed by atoms with van der Waals surface area (Å²) in [5.74, 6) is 0. The van der Waals surface area contributed by atoms with E-state index in [1.807, 2.05) is 0 Å². The molecule has 0 amide bonds. The van der Waals surface area contributed by atoms with Gasteiger partial charge in [-0.25, -0.2) is 0 Å². The lowest BCUT2D eigenvalue weighted by Gasteiger charge is -2.14. The van der Waals surface area contributed by atoms with Crippen LogP contribution >= 0.6 is 0 Å². The van der Waals surface area contributed by atoms with Crippen molar-refractivity contribution in [3.05, 3.63) is 0 Å². The van der Waals surface area contributed by atoms with Gasteiger partial charge in [-0.15, -0.1) is 0 Å². The summed E-state index contributed by atoms with van der Waals surface area (Å²) < 4.78 is 15.4. The average molecular weight is 178 g/mol. The SMILES string of the molecule is CCC[SiH2]OC(COC)OC. The van der Waals surface area contributed by atoms with Gasteiger partial charge in [-0.05, 0) is 6.04 Å². The van der Waals surface area contributed by atoms with E-state index in [1.165, 1.54) is 12.5 Å². The molecule has 0 rings (SSSR count). The Bertz CT molecular complexity index is 80.1. The van der Waals surface area contributed by atoms with Crippen molar-refractivity contribution in [3.8, 4) is 0 Å². The molecule has 3 nitrogen and oxygen atoms in total. The maximum Gasteiger partial charge on any atom is 0.170 e. The highest BCUT2D eigenvalue weighted by atomic mass is 28.2. The number of rotatable bonds is 7. The molecule has 0 aromatic heterocycles. The van der Waals surface area contributed by atoms with Crippen LogP contribution in [0.15, 0.2) is 0 Å². The van der Waals surface area contributed by atoms with E-state index in [4.69, 9.17) is 13.9 Å². The first kappa shape index (κ1) is 11.1. The third kappa shape index (κ3) is 6.49. The molecule has 0 aliphatic carbocycles. The fourth-order valence-electron chi connectivity index (χ4n) is 0.679. The van der Waals surface area contributed by atoms with E-state index < -0.39 is 0 Å². The molecule has 0 aromatic carbocycles. The van der Waals surface area contributed by atoms with Crippen LogP contribution in [0.5, 0.6) is 0 Å². The smallest absolute Gasteiger partial charge is 0.170 e. The van der Waals surface area contributed by atoms with Crippen LogP contribution in [0.3, 0.4) is 0 Å². The second-order valence-corrected chi connectivity index (χ2v) is 3.79. The molecule has 1 atom stereocenters. The summed E-state index contributed by atoms with van der Waals surface area (Å²) in [6.45, 7) is 2.70. The van der Waals surface area contributed by atoms with E-state index in [0.717, 1.165) is 0 Å². The first-order valence-corrected chi connectivity index (χ1v) is 5.56. The second-order valence-electron chi connectivity index (χ2n) is 2.34. The Hall–Kier alpha value is 0.0969. The molecule has 0 saturated carbocycles. The van der Waals surface area contributed by atoms with Crippen molar-refractivity contribution < 1.29 is 13.9 Å². The molecule has 0 N–H and O–H groups in total. The van der Waals surface area contributed by atoms with Crippen molar-refractivity contribution in [2.75, 3.05) is 20.8 Å². The number of methoxy groups -OCH3 is 2. The van der Waals surface area contributed by atoms with Crippen LogP contribution in [-0.2, 0) is 13.9 Å². The van der Waals surface area contributed by atoms with Gasteiger partial charge in [-0.3, -0.25) is 0 Å². The van der Waals surface area contributed by atoms with Crippen LogP contribution < -0.4 is 0 Å². The Morgan fingerprint density at radius 1 is 1.36 bits per heavy atom. The Labute approximate surface area is 71.0 Å². The van der Waals surface area contributed by atoms with E-state index in [-0.39, 0.29) is 16.1 Å². The minimum Gasteiger partial charge on any atom is -0.398 e. The van der Waals surface area contributed by atoms with Crippen molar-refractivity contribution in [2.24, 2.45) is 0 Å². The molecule has 0 heterocycles. The maximum absolute atomic E-state index is 5.46. The third-order valence-corrected chi connectivity index (χ3v) is 2.97. The monoisotopic (exact) mass is 178 g/mol. The van der Waals surface area contributed by atoms with Gasteiger partial charge in [0.25, 0.3) is 0 Å². The highest BCUT2D eigenvalue weighted by Crippen LogP contribution is 1.95. The molecule has 4 heteroatoms. The minimum absolute atomic E-state index is 0.141. The molecule has 0 aliphatic rings. The Kier molecular flexibility index (Phi) is 8.27. The van der Waals surface area contributed by atoms with Crippen LogP contribution in [-0.4, -0.2) is 36.9 Å². The van der Waals surface area contributed by atoms with Crippen molar-refractivity contribution in [1.29, 1.82) is 0 Å². The molecule has 0 fully saturated rings. The molecule has 0 aliphatic heterocycles. The van der Waals surface area contributed by atoms with Gasteiger partial charge in [-0.2, -0.15) is 0 Å². The third-order valence-electron chi connectivity index (χ3n) is 1.37.